The van der Waals surface area contributed by atoms with E-state index in [4.69, 9.17) is 0 Å². The third kappa shape index (κ3) is 6.59. The number of hydrogen-bond acceptors (Lipinski definition) is 4. The molecule has 152 valence electrons. The Morgan fingerprint density at radius 2 is 1.78 bits per heavy atom. The molecule has 1 aliphatic carbocycles. The van der Waals surface area contributed by atoms with Gasteiger partial charge in [0.2, 0.25) is 15.9 Å². The fraction of sp³-hybridized carbons (Fsp3) is 0.650. The molecule has 2 unspecified atom stereocenters. The van der Waals surface area contributed by atoms with Crippen LogP contribution in [-0.2, 0) is 14.8 Å². The van der Waals surface area contributed by atoms with Gasteiger partial charge in [-0.05, 0) is 58.2 Å². The van der Waals surface area contributed by atoms with E-state index in [1.54, 1.807) is 24.3 Å². The summed E-state index contributed by atoms with van der Waals surface area (Å²) in [5.41, 5.74) is 0.985. The Morgan fingerprint density at radius 1 is 1.19 bits per heavy atom. The molecule has 1 aliphatic rings. The minimum atomic E-state index is -3.75. The van der Waals surface area contributed by atoms with Crippen molar-refractivity contribution in [2.45, 2.75) is 70.0 Å². The minimum Gasteiger partial charge on any atom is -0.353 e. The molecule has 0 heterocycles. The van der Waals surface area contributed by atoms with Crippen LogP contribution in [0.1, 0.15) is 45.6 Å². The van der Waals surface area contributed by atoms with Crippen LogP contribution in [0.25, 0.3) is 0 Å². The molecule has 7 heteroatoms. The predicted octanol–water partition coefficient (Wildman–Crippen LogP) is 2.29. The van der Waals surface area contributed by atoms with Gasteiger partial charge in [-0.3, -0.25) is 9.69 Å². The minimum absolute atomic E-state index is 0.177. The van der Waals surface area contributed by atoms with E-state index < -0.39 is 16.1 Å². The van der Waals surface area contributed by atoms with Gasteiger partial charge in [-0.2, -0.15) is 4.72 Å². The molecule has 2 rings (SSSR count). The summed E-state index contributed by atoms with van der Waals surface area (Å²) >= 11 is 0. The van der Waals surface area contributed by atoms with Crippen LogP contribution < -0.4 is 10.0 Å². The molecule has 0 saturated heterocycles. The van der Waals surface area contributed by atoms with Crippen LogP contribution in [0.15, 0.2) is 29.2 Å². The molecular weight excluding hydrogens is 362 g/mol. The first kappa shape index (κ1) is 21.9. The first-order chi connectivity index (χ1) is 12.6. The summed E-state index contributed by atoms with van der Waals surface area (Å²) in [6.45, 7) is 8.44. The predicted molar refractivity (Wildman–Crippen MR) is 108 cm³/mol. The lowest BCUT2D eigenvalue weighted by molar-refractivity contribution is -0.123. The Kier molecular flexibility index (Phi) is 7.42. The largest absolute Gasteiger partial charge is 0.353 e. The molecule has 6 nitrogen and oxygen atoms in total. The van der Waals surface area contributed by atoms with Crippen LogP contribution in [0, 0.1) is 12.8 Å². The van der Waals surface area contributed by atoms with Gasteiger partial charge >= 0.3 is 0 Å². The normalized spacial score (nSPS) is 17.1. The first-order valence-corrected chi connectivity index (χ1v) is 11.2. The third-order valence-corrected chi connectivity index (χ3v) is 6.53. The number of carbonyl (C=O) groups excluding carboxylic acids is 1. The highest BCUT2D eigenvalue weighted by atomic mass is 32.2. The van der Waals surface area contributed by atoms with Gasteiger partial charge in [0.15, 0.2) is 0 Å². The molecule has 0 aliphatic heterocycles. The van der Waals surface area contributed by atoms with Gasteiger partial charge < -0.3 is 5.32 Å². The second-order valence-corrected chi connectivity index (χ2v) is 9.82. The lowest BCUT2D eigenvalue weighted by Gasteiger charge is -2.26. The van der Waals surface area contributed by atoms with Crippen molar-refractivity contribution in [3.05, 3.63) is 29.8 Å². The van der Waals surface area contributed by atoms with Gasteiger partial charge in [0.25, 0.3) is 0 Å². The average Bonchev–Trinajstić information content (AvgIpc) is 3.43. The number of likely N-dealkylation sites (N-methyl/N-ethyl adjacent to an activating group) is 1. The van der Waals surface area contributed by atoms with Crippen molar-refractivity contribution in [3.63, 3.8) is 0 Å². The van der Waals surface area contributed by atoms with Crippen LogP contribution >= 0.6 is 0 Å². The Hall–Kier alpha value is -1.44. The summed E-state index contributed by atoms with van der Waals surface area (Å²) in [4.78, 5) is 15.1. The number of benzene rings is 1. The highest BCUT2D eigenvalue weighted by Crippen LogP contribution is 2.26. The van der Waals surface area contributed by atoms with E-state index in [0.29, 0.717) is 19.0 Å². The first-order valence-electron chi connectivity index (χ1n) is 9.68. The van der Waals surface area contributed by atoms with Gasteiger partial charge in [-0.25, -0.2) is 8.42 Å². The molecule has 1 saturated carbocycles. The van der Waals surface area contributed by atoms with Gasteiger partial charge in [0.1, 0.15) is 6.04 Å². The maximum absolute atomic E-state index is 12.7. The number of nitrogens with one attached hydrogen (secondary N) is 2. The third-order valence-electron chi connectivity index (χ3n) is 5.04. The molecule has 27 heavy (non-hydrogen) atoms. The summed E-state index contributed by atoms with van der Waals surface area (Å²) in [7, 11) is -1.68. The van der Waals surface area contributed by atoms with E-state index in [-0.39, 0.29) is 22.8 Å². The average molecular weight is 396 g/mol. The van der Waals surface area contributed by atoms with Crippen molar-refractivity contribution in [3.8, 4) is 0 Å². The van der Waals surface area contributed by atoms with Crippen LogP contribution in [0.5, 0.6) is 0 Å². The number of sulfonamides is 1. The number of aryl methyl sites for hydroxylation is 1. The topological polar surface area (TPSA) is 78.5 Å². The van der Waals surface area contributed by atoms with E-state index in [2.05, 4.69) is 28.9 Å². The quantitative estimate of drug-likeness (QED) is 0.637. The maximum Gasteiger partial charge on any atom is 0.241 e. The van der Waals surface area contributed by atoms with Crippen molar-refractivity contribution >= 4 is 15.9 Å². The van der Waals surface area contributed by atoms with Crippen molar-refractivity contribution in [2.24, 2.45) is 5.92 Å². The van der Waals surface area contributed by atoms with Crippen LogP contribution in [0.3, 0.4) is 0 Å². The zero-order chi connectivity index (χ0) is 20.2. The van der Waals surface area contributed by atoms with E-state index in [9.17, 15) is 13.2 Å². The Bertz CT molecular complexity index is 727. The van der Waals surface area contributed by atoms with E-state index in [0.717, 1.165) is 5.56 Å². The van der Waals surface area contributed by atoms with E-state index in [1.807, 2.05) is 20.8 Å². The zero-order valence-corrected chi connectivity index (χ0v) is 17.8. The molecule has 2 N–H and O–H groups in total. The lowest BCUT2D eigenvalue weighted by Crippen LogP contribution is -2.50. The van der Waals surface area contributed by atoms with Crippen LogP contribution in [0.4, 0.5) is 0 Å². The molecule has 1 fully saturated rings. The van der Waals surface area contributed by atoms with E-state index in [1.165, 1.54) is 12.8 Å². The number of rotatable bonds is 10. The number of carbonyl (C=O) groups is 1. The van der Waals surface area contributed by atoms with E-state index >= 15 is 0 Å². The Morgan fingerprint density at radius 3 is 2.30 bits per heavy atom. The standard InChI is InChI=1S/C20H33N3O3S/c1-14(2)12-19(20(24)21-13-16(4)23(5)17-8-9-17)22-27(25,26)18-10-6-15(3)7-11-18/h6-7,10-11,14,16-17,19,22H,8-9,12-13H2,1-5H3,(H,21,24). The van der Waals surface area contributed by atoms with Crippen molar-refractivity contribution in [1.82, 2.24) is 14.9 Å². The second-order valence-electron chi connectivity index (χ2n) is 8.11. The lowest BCUT2D eigenvalue weighted by atomic mass is 10.0. The van der Waals surface area contributed by atoms with Crippen LogP contribution in [0.2, 0.25) is 0 Å². The van der Waals surface area contributed by atoms with Gasteiger partial charge in [-0.15, -0.1) is 0 Å². The fourth-order valence-electron chi connectivity index (χ4n) is 3.01. The molecule has 1 aromatic rings. The summed E-state index contributed by atoms with van der Waals surface area (Å²) in [6.07, 6.45) is 2.87. The molecule has 0 spiro atoms. The van der Waals surface area contributed by atoms with Crippen molar-refractivity contribution < 1.29 is 13.2 Å². The van der Waals surface area contributed by atoms with Gasteiger partial charge in [-0.1, -0.05) is 31.5 Å². The SMILES string of the molecule is Cc1ccc(S(=O)(=O)NC(CC(C)C)C(=O)NCC(C)N(C)C2CC2)cc1. The molecule has 0 radical (unpaired) electrons. The monoisotopic (exact) mass is 395 g/mol. The zero-order valence-electron chi connectivity index (χ0n) is 17.0. The summed E-state index contributed by atoms with van der Waals surface area (Å²) in [6, 6.07) is 6.68. The fourth-order valence-corrected chi connectivity index (χ4v) is 4.22. The van der Waals surface area contributed by atoms with Crippen LogP contribution in [-0.4, -0.2) is 50.9 Å². The molecule has 0 aromatic heterocycles. The molecule has 1 aromatic carbocycles. The number of amides is 1. The Balaban J connectivity index is 2.02. The van der Waals surface area contributed by atoms with Crippen molar-refractivity contribution in [2.75, 3.05) is 13.6 Å². The van der Waals surface area contributed by atoms with Crippen molar-refractivity contribution in [1.29, 1.82) is 0 Å². The number of hydrogen-bond donors (Lipinski definition) is 2. The highest BCUT2D eigenvalue weighted by molar-refractivity contribution is 7.89. The summed E-state index contributed by atoms with van der Waals surface area (Å²) in [5.74, 6) is -0.0801. The smallest absolute Gasteiger partial charge is 0.241 e. The highest BCUT2D eigenvalue weighted by Gasteiger charge is 2.30. The molecule has 0 bridgehead atoms. The van der Waals surface area contributed by atoms with Gasteiger partial charge in [0.05, 0.1) is 4.90 Å². The molecule has 1 amide bonds. The second kappa shape index (κ2) is 9.17. The Labute approximate surface area is 163 Å². The summed E-state index contributed by atoms with van der Waals surface area (Å²) < 4.78 is 28.0. The number of nitrogens with zero attached hydrogens (tertiary/aromatic N) is 1. The van der Waals surface area contributed by atoms with Gasteiger partial charge in [0, 0.05) is 18.6 Å². The maximum atomic E-state index is 12.7. The summed E-state index contributed by atoms with van der Waals surface area (Å²) in [5, 5.41) is 2.93. The molecule has 2 atom stereocenters. The molecular formula is C20H33N3O3S.